The number of carbonyl (C=O) groups excluding carboxylic acids is 1. The smallest absolute Gasteiger partial charge is 0.303 e. The molecule has 1 amide bonds. The first-order valence-electron chi connectivity index (χ1n) is 7.85. The highest BCUT2D eigenvalue weighted by molar-refractivity contribution is 5.81. The van der Waals surface area contributed by atoms with Crippen molar-refractivity contribution < 1.29 is 13.6 Å². The second-order valence-electron chi connectivity index (χ2n) is 5.79. The van der Waals surface area contributed by atoms with E-state index < -0.39 is 0 Å². The highest BCUT2D eigenvalue weighted by Gasteiger charge is 2.12. The fourth-order valence-electron chi connectivity index (χ4n) is 2.59. The van der Waals surface area contributed by atoms with Crippen molar-refractivity contribution in [2.75, 3.05) is 12.4 Å². The molecular formula is C18H16N4O3. The highest BCUT2D eigenvalue weighted by Crippen LogP contribution is 2.25. The third-order valence-electron chi connectivity index (χ3n) is 3.85. The van der Waals surface area contributed by atoms with Gasteiger partial charge in [0.1, 0.15) is 11.0 Å². The summed E-state index contributed by atoms with van der Waals surface area (Å²) in [5.74, 6) is -0.0528. The van der Waals surface area contributed by atoms with E-state index >= 15 is 0 Å². The molecule has 2 heterocycles. The zero-order chi connectivity index (χ0) is 17.4. The number of aromatic nitrogens is 2. The molecule has 0 saturated carbocycles. The topological polar surface area (TPSA) is 93.2 Å². The molecule has 2 aromatic heterocycles. The van der Waals surface area contributed by atoms with Crippen molar-refractivity contribution in [3.05, 3.63) is 47.5 Å². The molecule has 25 heavy (non-hydrogen) atoms. The predicted octanol–water partition coefficient (Wildman–Crippen LogP) is 3.31. The minimum atomic E-state index is -0.0528. The number of rotatable bonds is 4. The lowest BCUT2D eigenvalue weighted by Gasteiger charge is -1.99. The van der Waals surface area contributed by atoms with Crippen LogP contribution in [-0.2, 0) is 11.2 Å². The van der Waals surface area contributed by atoms with Crippen LogP contribution in [0.3, 0.4) is 0 Å². The molecule has 0 bridgehead atoms. The molecule has 0 spiro atoms. The summed E-state index contributed by atoms with van der Waals surface area (Å²) in [4.78, 5) is 20.2. The average molecular weight is 336 g/mol. The SMILES string of the molecule is CNC(=O)Cc1ccc2oc(Nc3nc4ccc(C)cc4o3)nc2c1. The van der Waals surface area contributed by atoms with Gasteiger partial charge in [0.2, 0.25) is 5.91 Å². The van der Waals surface area contributed by atoms with Gasteiger partial charge in [0.25, 0.3) is 0 Å². The lowest BCUT2D eigenvalue weighted by Crippen LogP contribution is -2.19. The Labute approximate surface area is 143 Å². The molecule has 0 radical (unpaired) electrons. The van der Waals surface area contributed by atoms with E-state index in [1.54, 1.807) is 13.1 Å². The van der Waals surface area contributed by atoms with E-state index in [-0.39, 0.29) is 11.9 Å². The average Bonchev–Trinajstić information content (AvgIpc) is 3.16. The predicted molar refractivity (Wildman–Crippen MR) is 93.8 cm³/mol. The van der Waals surface area contributed by atoms with E-state index in [1.165, 1.54) is 0 Å². The molecule has 0 aliphatic heterocycles. The number of fused-ring (bicyclic) bond motifs is 2. The van der Waals surface area contributed by atoms with Gasteiger partial charge in [-0.1, -0.05) is 12.1 Å². The summed E-state index contributed by atoms with van der Waals surface area (Å²) in [5, 5.41) is 5.54. The molecule has 0 fully saturated rings. The molecule has 0 atom stereocenters. The van der Waals surface area contributed by atoms with Crippen LogP contribution in [0.2, 0.25) is 0 Å². The van der Waals surface area contributed by atoms with E-state index in [0.717, 1.165) is 16.6 Å². The Morgan fingerprint density at radius 2 is 1.76 bits per heavy atom. The van der Waals surface area contributed by atoms with E-state index in [9.17, 15) is 4.79 Å². The van der Waals surface area contributed by atoms with Gasteiger partial charge in [-0.2, -0.15) is 9.97 Å². The first kappa shape index (κ1) is 15.2. The third kappa shape index (κ3) is 3.03. The number of benzene rings is 2. The number of hydrogen-bond acceptors (Lipinski definition) is 6. The molecule has 4 aromatic rings. The lowest BCUT2D eigenvalue weighted by molar-refractivity contribution is -0.119. The van der Waals surface area contributed by atoms with E-state index in [4.69, 9.17) is 8.83 Å². The summed E-state index contributed by atoms with van der Waals surface area (Å²) in [5.41, 5.74) is 4.71. The van der Waals surface area contributed by atoms with Gasteiger partial charge in [-0.15, -0.1) is 0 Å². The summed E-state index contributed by atoms with van der Waals surface area (Å²) in [6.45, 7) is 1.99. The minimum absolute atomic E-state index is 0.0528. The highest BCUT2D eigenvalue weighted by atomic mass is 16.4. The van der Waals surface area contributed by atoms with Gasteiger partial charge in [-0.25, -0.2) is 0 Å². The van der Waals surface area contributed by atoms with Crippen molar-refractivity contribution in [1.29, 1.82) is 0 Å². The van der Waals surface area contributed by atoms with Crippen molar-refractivity contribution in [3.8, 4) is 0 Å². The molecule has 2 aromatic carbocycles. The monoisotopic (exact) mass is 336 g/mol. The van der Waals surface area contributed by atoms with Crippen LogP contribution >= 0.6 is 0 Å². The summed E-state index contributed by atoms with van der Waals surface area (Å²) in [6, 6.07) is 11.9. The van der Waals surface area contributed by atoms with Crippen LogP contribution in [0, 0.1) is 6.92 Å². The van der Waals surface area contributed by atoms with Crippen molar-refractivity contribution in [2.45, 2.75) is 13.3 Å². The third-order valence-corrected chi connectivity index (χ3v) is 3.85. The van der Waals surface area contributed by atoms with Gasteiger partial charge < -0.3 is 14.2 Å². The number of oxazole rings is 2. The van der Waals surface area contributed by atoms with Crippen LogP contribution in [0.25, 0.3) is 22.2 Å². The molecule has 126 valence electrons. The molecular weight excluding hydrogens is 320 g/mol. The van der Waals surface area contributed by atoms with Crippen LogP contribution in [0.5, 0.6) is 0 Å². The number of aryl methyl sites for hydroxylation is 1. The van der Waals surface area contributed by atoms with E-state index in [2.05, 4.69) is 20.6 Å². The van der Waals surface area contributed by atoms with Gasteiger partial charge >= 0.3 is 12.0 Å². The number of amides is 1. The number of anilines is 2. The number of nitrogens with one attached hydrogen (secondary N) is 2. The second-order valence-corrected chi connectivity index (χ2v) is 5.79. The maximum Gasteiger partial charge on any atom is 0.303 e. The maximum absolute atomic E-state index is 11.5. The fraction of sp³-hybridized carbons (Fsp3) is 0.167. The van der Waals surface area contributed by atoms with Crippen LogP contribution in [0.15, 0.2) is 45.2 Å². The molecule has 0 aliphatic rings. The van der Waals surface area contributed by atoms with Crippen molar-refractivity contribution in [3.63, 3.8) is 0 Å². The van der Waals surface area contributed by atoms with Crippen molar-refractivity contribution in [1.82, 2.24) is 15.3 Å². The van der Waals surface area contributed by atoms with Gasteiger partial charge in [0.05, 0.1) is 6.42 Å². The zero-order valence-electron chi connectivity index (χ0n) is 13.8. The summed E-state index contributed by atoms with van der Waals surface area (Å²) < 4.78 is 11.3. The van der Waals surface area contributed by atoms with Gasteiger partial charge in [-0.05, 0) is 42.3 Å². The summed E-state index contributed by atoms with van der Waals surface area (Å²) in [7, 11) is 1.61. The first-order chi connectivity index (χ1) is 12.1. The fourth-order valence-corrected chi connectivity index (χ4v) is 2.59. The molecule has 0 unspecified atom stereocenters. The Bertz CT molecular complexity index is 1080. The van der Waals surface area contributed by atoms with E-state index in [1.807, 2.05) is 37.3 Å². The Kier molecular flexibility index (Phi) is 3.61. The molecule has 4 rings (SSSR count). The number of likely N-dealkylation sites (N-methyl/N-ethyl adjacent to an activating group) is 1. The van der Waals surface area contributed by atoms with Crippen LogP contribution in [0.1, 0.15) is 11.1 Å². The van der Waals surface area contributed by atoms with Gasteiger partial charge in [0, 0.05) is 7.05 Å². The number of hydrogen-bond donors (Lipinski definition) is 2. The molecule has 0 saturated heterocycles. The van der Waals surface area contributed by atoms with E-state index in [0.29, 0.717) is 29.1 Å². The number of carbonyl (C=O) groups is 1. The Morgan fingerprint density at radius 1 is 1.00 bits per heavy atom. The van der Waals surface area contributed by atoms with Crippen LogP contribution in [0.4, 0.5) is 12.0 Å². The van der Waals surface area contributed by atoms with Gasteiger partial charge in [0.15, 0.2) is 11.2 Å². The van der Waals surface area contributed by atoms with Crippen molar-refractivity contribution >= 4 is 40.1 Å². The number of nitrogens with zero attached hydrogens (tertiary/aromatic N) is 2. The van der Waals surface area contributed by atoms with Gasteiger partial charge in [-0.3, -0.25) is 10.1 Å². The molecule has 7 heteroatoms. The summed E-state index contributed by atoms with van der Waals surface area (Å²) in [6.07, 6.45) is 0.298. The maximum atomic E-state index is 11.5. The molecule has 0 aliphatic carbocycles. The second kappa shape index (κ2) is 5.94. The first-order valence-corrected chi connectivity index (χ1v) is 7.85. The standard InChI is InChI=1S/C18H16N4O3/c1-10-3-5-12-15(7-10)25-17(20-12)22-18-21-13-8-11(9-16(23)19-2)4-6-14(13)24-18/h3-8H,9H2,1-2H3,(H,19,23)(H,20,21,22). The Hall–Kier alpha value is -3.35. The van der Waals surface area contributed by atoms with Crippen LogP contribution < -0.4 is 10.6 Å². The molecule has 7 nitrogen and oxygen atoms in total. The van der Waals surface area contributed by atoms with Crippen molar-refractivity contribution in [2.24, 2.45) is 0 Å². The van der Waals surface area contributed by atoms with Crippen LogP contribution in [-0.4, -0.2) is 22.9 Å². The largest absolute Gasteiger partial charge is 0.423 e. The Balaban J connectivity index is 1.61. The normalized spacial score (nSPS) is 11.1. The quantitative estimate of drug-likeness (QED) is 0.594. The summed E-state index contributed by atoms with van der Waals surface area (Å²) >= 11 is 0. The lowest BCUT2D eigenvalue weighted by atomic mass is 10.1. The minimum Gasteiger partial charge on any atom is -0.423 e. The zero-order valence-corrected chi connectivity index (χ0v) is 13.8. The Morgan fingerprint density at radius 3 is 2.56 bits per heavy atom. The molecule has 2 N–H and O–H groups in total.